The fraction of sp³-hybridized carbons (Fsp3) is 0.696. The molecule has 0 spiro atoms. The average Bonchev–Trinajstić information content (AvgIpc) is 3.03. The number of hydrogen-bond donors (Lipinski definition) is 2. The van der Waals surface area contributed by atoms with Gasteiger partial charge in [-0.25, -0.2) is 19.0 Å². The Morgan fingerprint density at radius 3 is 2.73 bits per heavy atom. The molecule has 1 unspecified atom stereocenters. The Morgan fingerprint density at radius 2 is 2.09 bits per heavy atom. The van der Waals surface area contributed by atoms with Crippen molar-refractivity contribution in [2.24, 2.45) is 11.8 Å². The molecular weight excluding hydrogens is 429 g/mol. The first-order valence-electron chi connectivity index (χ1n) is 11.6. The van der Waals surface area contributed by atoms with Crippen LogP contribution in [0.1, 0.15) is 33.6 Å². The van der Waals surface area contributed by atoms with E-state index in [1.807, 2.05) is 25.7 Å². The summed E-state index contributed by atoms with van der Waals surface area (Å²) in [7, 11) is 1.76. The number of amides is 2. The van der Waals surface area contributed by atoms with Gasteiger partial charge in [-0.05, 0) is 40.3 Å². The molecule has 1 aromatic rings. The average molecular weight is 462 g/mol. The van der Waals surface area contributed by atoms with Crippen molar-refractivity contribution >= 4 is 23.7 Å². The molecular formula is C23H32FN5O4. The number of piperidine rings is 3. The number of halogens is 1. The minimum Gasteiger partial charge on any atom is -0.444 e. The summed E-state index contributed by atoms with van der Waals surface area (Å²) >= 11 is 0. The fourth-order valence-electron chi connectivity index (χ4n) is 5.72. The number of pyridine rings is 1. The van der Waals surface area contributed by atoms with E-state index in [0.29, 0.717) is 44.0 Å². The first kappa shape index (κ1) is 22.2. The zero-order chi connectivity index (χ0) is 23.5. The summed E-state index contributed by atoms with van der Waals surface area (Å²) in [6.07, 6.45) is 1.04. The number of likely N-dealkylation sites (N-methyl/N-ethyl adjacent to an activating group) is 1. The van der Waals surface area contributed by atoms with Gasteiger partial charge in [0.15, 0.2) is 0 Å². The van der Waals surface area contributed by atoms with Crippen LogP contribution in [0, 0.1) is 11.8 Å². The van der Waals surface area contributed by atoms with Crippen molar-refractivity contribution < 1.29 is 23.5 Å². The molecule has 3 heterocycles. The molecule has 2 saturated carbocycles. The second kappa shape index (κ2) is 7.72. The van der Waals surface area contributed by atoms with Crippen LogP contribution in [0.4, 0.5) is 25.5 Å². The van der Waals surface area contributed by atoms with Crippen molar-refractivity contribution in [3.8, 4) is 0 Å². The van der Waals surface area contributed by atoms with Crippen molar-refractivity contribution in [1.29, 1.82) is 0 Å². The van der Waals surface area contributed by atoms with Gasteiger partial charge in [0.1, 0.15) is 23.2 Å². The van der Waals surface area contributed by atoms with E-state index in [2.05, 4.69) is 15.6 Å². The van der Waals surface area contributed by atoms with Crippen LogP contribution in [0.2, 0.25) is 0 Å². The lowest BCUT2D eigenvalue weighted by Gasteiger charge is -2.42. The molecule has 0 aromatic carbocycles. The normalized spacial score (nSPS) is 34.3. The Hall–Kier alpha value is -2.62. The number of nitrogens with one attached hydrogen (secondary N) is 2. The highest BCUT2D eigenvalue weighted by Crippen LogP contribution is 2.72. The summed E-state index contributed by atoms with van der Waals surface area (Å²) in [6, 6.07) is 3.33. The predicted octanol–water partition coefficient (Wildman–Crippen LogP) is 2.77. The molecule has 2 N–H and O–H groups in total. The highest BCUT2D eigenvalue weighted by molar-refractivity contribution is 5.86. The zero-order valence-corrected chi connectivity index (χ0v) is 19.5. The number of carbonyl (C=O) groups excluding carboxylic acids is 2. The minimum absolute atomic E-state index is 0.0868. The van der Waals surface area contributed by atoms with Gasteiger partial charge in [0, 0.05) is 61.9 Å². The second-order valence-electron chi connectivity index (χ2n) is 10.6. The number of hydrogen-bond acceptors (Lipinski definition) is 7. The SMILES string of the molecule is CN[C@H]1CN(c2cc(NC(=O)O[C@@]34C[C@H]5C3[C@@H]4CN5C(=O)OC(C)(C)C)ccn2)CC[C@H]1F. The van der Waals surface area contributed by atoms with Gasteiger partial charge in [0.05, 0.1) is 6.04 Å². The molecule has 2 aliphatic carbocycles. The number of fused-ring (bicyclic) bond motifs is 1. The molecule has 33 heavy (non-hydrogen) atoms. The van der Waals surface area contributed by atoms with Crippen LogP contribution in [0.15, 0.2) is 18.3 Å². The number of rotatable bonds is 4. The third kappa shape index (κ3) is 3.88. The topological polar surface area (TPSA) is 96.0 Å². The number of ether oxygens (including phenoxy) is 2. The van der Waals surface area contributed by atoms with Gasteiger partial charge >= 0.3 is 12.2 Å². The molecule has 10 heteroatoms. The molecule has 1 aromatic heterocycles. The fourth-order valence-corrected chi connectivity index (χ4v) is 5.72. The Kier molecular flexibility index (Phi) is 5.19. The van der Waals surface area contributed by atoms with Crippen molar-refractivity contribution in [2.75, 3.05) is 36.9 Å². The summed E-state index contributed by atoms with van der Waals surface area (Å²) < 4.78 is 25.3. The number of anilines is 2. The smallest absolute Gasteiger partial charge is 0.412 e. The number of carbonyl (C=O) groups is 2. The summed E-state index contributed by atoms with van der Waals surface area (Å²) in [5.74, 6) is 1.07. The molecule has 6 atom stereocenters. The summed E-state index contributed by atoms with van der Waals surface area (Å²) in [4.78, 5) is 33.2. The van der Waals surface area contributed by atoms with Crippen molar-refractivity contribution in [2.45, 2.75) is 63.1 Å². The third-order valence-electron chi connectivity index (χ3n) is 7.38. The molecule has 2 saturated heterocycles. The Balaban J connectivity index is 1.15. The number of alkyl halides is 1. The van der Waals surface area contributed by atoms with Crippen LogP contribution in [0.25, 0.3) is 0 Å². The maximum Gasteiger partial charge on any atom is 0.412 e. The summed E-state index contributed by atoms with van der Waals surface area (Å²) in [5.41, 5.74) is -0.395. The van der Waals surface area contributed by atoms with Gasteiger partial charge in [-0.15, -0.1) is 0 Å². The standard InChI is InChI=1S/C23H32FN5O4/c1-22(2,3)33-21(31)29-11-14-19-17(29)10-23(14,19)32-20(30)27-13-5-7-26-18(9-13)28-8-6-15(24)16(12-28)25-4/h5,7,9,14-17,19,25H,6,8,10-12H2,1-4H3,(H,26,27,30)/t14-,15+,16-,17-,19?,23+/m0/s1. The van der Waals surface area contributed by atoms with Crippen LogP contribution < -0.4 is 15.5 Å². The van der Waals surface area contributed by atoms with Crippen molar-refractivity contribution in [3.63, 3.8) is 0 Å². The van der Waals surface area contributed by atoms with E-state index >= 15 is 0 Å². The highest BCUT2D eigenvalue weighted by Gasteiger charge is 2.84. The van der Waals surface area contributed by atoms with E-state index in [1.54, 1.807) is 30.3 Å². The van der Waals surface area contributed by atoms with Crippen LogP contribution >= 0.6 is 0 Å². The first-order chi connectivity index (χ1) is 15.6. The molecule has 0 bridgehead atoms. The quantitative estimate of drug-likeness (QED) is 0.712. The monoisotopic (exact) mass is 461 g/mol. The summed E-state index contributed by atoms with van der Waals surface area (Å²) in [5, 5.41) is 5.82. The second-order valence-corrected chi connectivity index (χ2v) is 10.6. The van der Waals surface area contributed by atoms with Gasteiger partial charge in [-0.3, -0.25) is 5.32 Å². The maximum atomic E-state index is 14.0. The Labute approximate surface area is 193 Å². The molecule has 9 nitrogen and oxygen atoms in total. The molecule has 4 aliphatic rings. The van der Waals surface area contributed by atoms with Crippen LogP contribution in [0.3, 0.4) is 0 Å². The Bertz CT molecular complexity index is 949. The molecule has 180 valence electrons. The first-order valence-corrected chi connectivity index (χ1v) is 11.6. The van der Waals surface area contributed by atoms with Crippen molar-refractivity contribution in [1.82, 2.24) is 15.2 Å². The molecule has 0 radical (unpaired) electrons. The van der Waals surface area contributed by atoms with E-state index in [9.17, 15) is 14.0 Å². The molecule has 5 rings (SSSR count). The molecule has 4 fully saturated rings. The number of likely N-dealkylation sites (tertiary alicyclic amines) is 1. The lowest BCUT2D eigenvalue weighted by atomic mass is 9.87. The zero-order valence-electron chi connectivity index (χ0n) is 19.5. The lowest BCUT2D eigenvalue weighted by Crippen LogP contribution is -2.55. The number of aromatic nitrogens is 1. The Morgan fingerprint density at radius 1 is 1.30 bits per heavy atom. The van der Waals surface area contributed by atoms with Gasteiger partial charge in [-0.2, -0.15) is 0 Å². The van der Waals surface area contributed by atoms with E-state index in [4.69, 9.17) is 9.47 Å². The van der Waals surface area contributed by atoms with Crippen LogP contribution in [0.5, 0.6) is 0 Å². The highest BCUT2D eigenvalue weighted by atomic mass is 19.1. The number of nitrogens with zero attached hydrogens (tertiary/aromatic N) is 3. The predicted molar refractivity (Wildman–Crippen MR) is 120 cm³/mol. The maximum absolute atomic E-state index is 14.0. The minimum atomic E-state index is -0.877. The van der Waals surface area contributed by atoms with Crippen LogP contribution in [-0.4, -0.2) is 78.2 Å². The van der Waals surface area contributed by atoms with Crippen LogP contribution in [-0.2, 0) is 9.47 Å². The van der Waals surface area contributed by atoms with Gasteiger partial charge in [0.25, 0.3) is 0 Å². The van der Waals surface area contributed by atoms with Gasteiger partial charge in [-0.1, -0.05) is 0 Å². The van der Waals surface area contributed by atoms with E-state index in [1.165, 1.54) is 0 Å². The third-order valence-corrected chi connectivity index (χ3v) is 7.38. The summed E-state index contributed by atoms with van der Waals surface area (Å²) in [6.45, 7) is 7.21. The largest absolute Gasteiger partial charge is 0.444 e. The van der Waals surface area contributed by atoms with Crippen molar-refractivity contribution in [3.05, 3.63) is 18.3 Å². The van der Waals surface area contributed by atoms with E-state index in [0.717, 1.165) is 0 Å². The van der Waals surface area contributed by atoms with Gasteiger partial charge in [0.2, 0.25) is 0 Å². The van der Waals surface area contributed by atoms with E-state index in [-0.39, 0.29) is 30.0 Å². The molecule has 2 aliphatic heterocycles. The lowest BCUT2D eigenvalue weighted by molar-refractivity contribution is -0.0480. The molecule has 2 amide bonds. The van der Waals surface area contributed by atoms with Gasteiger partial charge < -0.3 is 24.6 Å². The van der Waals surface area contributed by atoms with E-state index < -0.39 is 23.5 Å².